The molecule has 7 heteroatoms. The van der Waals surface area contributed by atoms with Crippen LogP contribution in [0.1, 0.15) is 58.7 Å². The lowest BCUT2D eigenvalue weighted by Crippen LogP contribution is -2.62. The summed E-state index contributed by atoms with van der Waals surface area (Å²) in [5.74, 6) is -1.38. The highest BCUT2D eigenvalue weighted by Crippen LogP contribution is 2.68. The quantitative estimate of drug-likeness (QED) is 0.572. The van der Waals surface area contributed by atoms with E-state index >= 15 is 0 Å². The number of aromatic nitrogens is 2. The minimum atomic E-state index is -1.67. The van der Waals surface area contributed by atoms with E-state index in [2.05, 4.69) is 38.1 Å². The second-order valence-electron chi connectivity index (χ2n) is 12.8. The van der Waals surface area contributed by atoms with E-state index in [1.165, 1.54) is 18.1 Å². The minimum Gasteiger partial charge on any atom is -0.458 e. The Labute approximate surface area is 229 Å². The molecular formula is C32H38N2O5. The van der Waals surface area contributed by atoms with Gasteiger partial charge in [-0.2, -0.15) is 5.10 Å². The first-order chi connectivity index (χ1) is 18.4. The van der Waals surface area contributed by atoms with Gasteiger partial charge < -0.3 is 14.9 Å². The van der Waals surface area contributed by atoms with Gasteiger partial charge in [0.1, 0.15) is 5.60 Å². The van der Waals surface area contributed by atoms with Crippen molar-refractivity contribution < 1.29 is 24.5 Å². The standard InChI is InChI=1S/C32H38N2O5/c1-18-11-23-25-12-19(2)32(38,28(37)17-39-20(3)35)31(25,5)15-27(36)29(23)30(4)14-21-16-33-34(26(21)13-24(18)30)22-9-7-6-8-10-22/h6-11,13,16,19,23,25,27,29,36,38H,12,14-15,17H2,1-5H3/t19-,23+,25+,27+,29+,30+,31+,32+/m1/s1. The van der Waals surface area contributed by atoms with Crippen LogP contribution in [0.2, 0.25) is 0 Å². The third-order valence-corrected chi connectivity index (χ3v) is 10.7. The summed E-state index contributed by atoms with van der Waals surface area (Å²) in [6, 6.07) is 10.1. The van der Waals surface area contributed by atoms with Crippen molar-refractivity contribution in [2.75, 3.05) is 6.61 Å². The molecule has 0 unspecified atom stereocenters. The van der Waals surface area contributed by atoms with Crippen molar-refractivity contribution in [3.8, 4) is 5.69 Å². The average molecular weight is 531 g/mol. The molecule has 4 aliphatic rings. The van der Waals surface area contributed by atoms with Crippen LogP contribution < -0.4 is 0 Å². The van der Waals surface area contributed by atoms with Crippen LogP contribution in [0.15, 0.2) is 53.8 Å². The Hall–Kier alpha value is -3.03. The van der Waals surface area contributed by atoms with Crippen LogP contribution in [0.3, 0.4) is 0 Å². The second kappa shape index (κ2) is 8.73. The molecule has 8 atom stereocenters. The van der Waals surface area contributed by atoms with Gasteiger partial charge in [-0.25, -0.2) is 4.68 Å². The molecule has 0 saturated heterocycles. The summed E-state index contributed by atoms with van der Waals surface area (Å²) >= 11 is 0. The third-order valence-electron chi connectivity index (χ3n) is 10.7. The summed E-state index contributed by atoms with van der Waals surface area (Å²) in [5, 5.41) is 28.6. The number of hydrogen-bond donors (Lipinski definition) is 2. The van der Waals surface area contributed by atoms with Gasteiger partial charge in [-0.1, -0.05) is 50.6 Å². The highest BCUT2D eigenvalue weighted by atomic mass is 16.5. The number of nitrogens with zero attached hydrogens (tertiary/aromatic N) is 2. The fraction of sp³-hybridized carbons (Fsp3) is 0.531. The van der Waals surface area contributed by atoms with Gasteiger partial charge in [-0.3, -0.25) is 9.59 Å². The Morgan fingerprint density at radius 1 is 1.21 bits per heavy atom. The lowest BCUT2D eigenvalue weighted by molar-refractivity contribution is -0.182. The summed E-state index contributed by atoms with van der Waals surface area (Å²) in [6.45, 7) is 9.08. The normalized spacial score (nSPS) is 38.5. The lowest BCUT2D eigenvalue weighted by atomic mass is 9.46. The number of para-hydroxylation sites is 1. The Morgan fingerprint density at radius 3 is 2.62 bits per heavy atom. The SMILES string of the molecule is CC(=O)OCC(=O)[C@@]1(O)[C@H](C)C[C@H]2[C@@H]3C=C(C)C4=Cc5c(cnn5-c5ccccc5)C[C@]4(C)[C@@H]3[C@@H](O)C[C@@]21C. The van der Waals surface area contributed by atoms with E-state index in [1.807, 2.05) is 42.9 Å². The topological polar surface area (TPSA) is 102 Å². The monoisotopic (exact) mass is 530 g/mol. The Balaban J connectivity index is 1.41. The number of aliphatic hydroxyl groups excluding tert-OH is 1. The predicted molar refractivity (Wildman–Crippen MR) is 147 cm³/mol. The number of esters is 1. The minimum absolute atomic E-state index is 0.00428. The summed E-state index contributed by atoms with van der Waals surface area (Å²) in [4.78, 5) is 24.8. The number of aliphatic hydroxyl groups is 2. The van der Waals surface area contributed by atoms with Crippen LogP contribution in [0.25, 0.3) is 11.8 Å². The van der Waals surface area contributed by atoms with Crippen LogP contribution in [-0.2, 0) is 20.7 Å². The van der Waals surface area contributed by atoms with Crippen molar-refractivity contribution in [2.45, 2.75) is 65.6 Å². The number of allylic oxidation sites excluding steroid dienone is 3. The molecule has 2 N–H and O–H groups in total. The van der Waals surface area contributed by atoms with Crippen LogP contribution in [-0.4, -0.2) is 50.1 Å². The molecule has 1 aromatic heterocycles. The van der Waals surface area contributed by atoms with Crippen molar-refractivity contribution in [3.63, 3.8) is 0 Å². The molecule has 6 rings (SSSR count). The predicted octanol–water partition coefficient (Wildman–Crippen LogP) is 4.30. The molecule has 4 aliphatic carbocycles. The molecule has 0 radical (unpaired) electrons. The van der Waals surface area contributed by atoms with Gasteiger partial charge in [0.2, 0.25) is 5.78 Å². The number of carbonyl (C=O) groups is 2. The Kier molecular flexibility index (Phi) is 5.87. The molecule has 206 valence electrons. The molecule has 0 aliphatic heterocycles. The highest BCUT2D eigenvalue weighted by molar-refractivity contribution is 5.91. The molecule has 1 aromatic carbocycles. The largest absolute Gasteiger partial charge is 0.458 e. The van der Waals surface area contributed by atoms with Crippen LogP contribution in [0.4, 0.5) is 0 Å². The van der Waals surface area contributed by atoms with Gasteiger partial charge in [0.15, 0.2) is 6.61 Å². The molecule has 1 heterocycles. The zero-order chi connectivity index (χ0) is 27.9. The zero-order valence-electron chi connectivity index (χ0n) is 23.3. The van der Waals surface area contributed by atoms with E-state index < -0.39 is 35.5 Å². The van der Waals surface area contributed by atoms with Crippen LogP contribution in [0.5, 0.6) is 0 Å². The smallest absolute Gasteiger partial charge is 0.303 e. The van der Waals surface area contributed by atoms with E-state index in [9.17, 15) is 19.8 Å². The van der Waals surface area contributed by atoms with E-state index in [1.54, 1.807) is 0 Å². The van der Waals surface area contributed by atoms with Gasteiger partial charge >= 0.3 is 5.97 Å². The maximum Gasteiger partial charge on any atom is 0.303 e. The molecule has 0 bridgehead atoms. The molecule has 2 aromatic rings. The number of ether oxygens (including phenoxy) is 1. The molecule has 7 nitrogen and oxygen atoms in total. The van der Waals surface area contributed by atoms with Gasteiger partial charge in [-0.15, -0.1) is 0 Å². The zero-order valence-corrected chi connectivity index (χ0v) is 23.3. The Bertz CT molecular complexity index is 1410. The fourth-order valence-electron chi connectivity index (χ4n) is 9.04. The van der Waals surface area contributed by atoms with Crippen LogP contribution in [0, 0.1) is 34.5 Å². The van der Waals surface area contributed by atoms with Gasteiger partial charge in [0.05, 0.1) is 23.7 Å². The maximum absolute atomic E-state index is 13.4. The number of rotatable bonds is 4. The summed E-state index contributed by atoms with van der Waals surface area (Å²) in [7, 11) is 0. The number of hydrogen-bond acceptors (Lipinski definition) is 6. The van der Waals surface area contributed by atoms with E-state index in [4.69, 9.17) is 9.84 Å². The molecule has 0 amide bonds. The first-order valence-electron chi connectivity index (χ1n) is 14.0. The molecular weight excluding hydrogens is 492 g/mol. The van der Waals surface area contributed by atoms with Gasteiger partial charge in [-0.05, 0) is 73.3 Å². The summed E-state index contributed by atoms with van der Waals surface area (Å²) < 4.78 is 7.01. The van der Waals surface area contributed by atoms with Crippen molar-refractivity contribution in [1.29, 1.82) is 0 Å². The first kappa shape index (κ1) is 26.2. The van der Waals surface area contributed by atoms with Gasteiger partial charge in [0, 0.05) is 23.7 Å². The molecule has 2 fully saturated rings. The van der Waals surface area contributed by atoms with Crippen molar-refractivity contribution in [3.05, 3.63) is 65.0 Å². The first-order valence-corrected chi connectivity index (χ1v) is 14.0. The molecule has 2 saturated carbocycles. The lowest BCUT2D eigenvalue weighted by Gasteiger charge is -2.59. The van der Waals surface area contributed by atoms with Crippen LogP contribution >= 0.6 is 0 Å². The number of ketones is 1. The second-order valence-corrected chi connectivity index (χ2v) is 12.8. The maximum atomic E-state index is 13.4. The fourth-order valence-corrected chi connectivity index (χ4v) is 9.04. The van der Waals surface area contributed by atoms with Gasteiger partial charge in [0.25, 0.3) is 0 Å². The summed E-state index contributed by atoms with van der Waals surface area (Å²) in [5.41, 5.74) is 2.83. The molecule has 0 spiro atoms. The Morgan fingerprint density at radius 2 is 1.92 bits per heavy atom. The van der Waals surface area contributed by atoms with E-state index in [0.717, 1.165) is 23.4 Å². The van der Waals surface area contributed by atoms with E-state index in [-0.39, 0.29) is 29.1 Å². The number of Topliss-reactive ketones (excluding diaryl/α,β-unsaturated/α-hetero) is 1. The average Bonchev–Trinajstić information content (AvgIpc) is 3.38. The molecule has 39 heavy (non-hydrogen) atoms. The number of carbonyl (C=O) groups excluding carboxylic acids is 2. The summed E-state index contributed by atoms with van der Waals surface area (Å²) in [6.07, 6.45) is 7.52. The highest BCUT2D eigenvalue weighted by Gasteiger charge is 2.70. The van der Waals surface area contributed by atoms with Crippen molar-refractivity contribution in [1.82, 2.24) is 9.78 Å². The van der Waals surface area contributed by atoms with E-state index in [0.29, 0.717) is 12.8 Å². The number of benzene rings is 1. The third kappa shape index (κ3) is 3.52. The van der Waals surface area contributed by atoms with Crippen molar-refractivity contribution in [2.24, 2.45) is 34.5 Å². The number of fused-ring (bicyclic) bond motifs is 6. The van der Waals surface area contributed by atoms with Crippen molar-refractivity contribution >= 4 is 17.8 Å².